The van der Waals surface area contributed by atoms with Crippen molar-refractivity contribution in [3.05, 3.63) is 100 Å². The predicted molar refractivity (Wildman–Crippen MR) is 122 cm³/mol. The van der Waals surface area contributed by atoms with E-state index >= 15 is 0 Å². The fourth-order valence-corrected chi connectivity index (χ4v) is 5.11. The predicted octanol–water partition coefficient (Wildman–Crippen LogP) is 6.03. The van der Waals surface area contributed by atoms with Crippen LogP contribution in [0.3, 0.4) is 0 Å². The monoisotopic (exact) mass is 433 g/mol. The van der Waals surface area contributed by atoms with Crippen molar-refractivity contribution in [3.8, 4) is 10.4 Å². The minimum Gasteiger partial charge on any atom is -0.465 e. The lowest BCUT2D eigenvalue weighted by Gasteiger charge is -2.18. The molecule has 150 valence electrons. The Hall–Kier alpha value is -3.22. The molecule has 0 aliphatic heterocycles. The zero-order valence-electron chi connectivity index (χ0n) is 16.2. The van der Waals surface area contributed by atoms with Crippen LogP contribution in [0.25, 0.3) is 10.4 Å². The highest BCUT2D eigenvalue weighted by Crippen LogP contribution is 2.39. The van der Waals surface area contributed by atoms with Gasteiger partial charge < -0.3 is 10.1 Å². The summed E-state index contributed by atoms with van der Waals surface area (Å²) in [6, 6.07) is 23.1. The van der Waals surface area contributed by atoms with Crippen LogP contribution in [0.1, 0.15) is 27.4 Å². The number of carbonyl (C=O) groups is 2. The molecule has 0 saturated heterocycles. The topological polar surface area (TPSA) is 55.4 Å². The van der Waals surface area contributed by atoms with E-state index in [1.54, 1.807) is 0 Å². The lowest BCUT2D eigenvalue weighted by molar-refractivity contribution is -0.116. The van der Waals surface area contributed by atoms with Gasteiger partial charge in [-0.25, -0.2) is 4.79 Å². The van der Waals surface area contributed by atoms with Crippen LogP contribution in [0.4, 0.5) is 5.00 Å². The van der Waals surface area contributed by atoms with E-state index in [4.69, 9.17) is 4.74 Å². The maximum Gasteiger partial charge on any atom is 0.341 e. The van der Waals surface area contributed by atoms with Crippen molar-refractivity contribution < 1.29 is 14.3 Å². The number of rotatable bonds is 6. The molecule has 2 aromatic carbocycles. The van der Waals surface area contributed by atoms with E-state index in [1.165, 1.54) is 29.8 Å². The number of anilines is 1. The molecular weight excluding hydrogens is 414 g/mol. The molecule has 2 aromatic heterocycles. The molecule has 1 amide bonds. The Kier molecular flexibility index (Phi) is 6.07. The molecule has 30 heavy (non-hydrogen) atoms. The maximum atomic E-state index is 13.4. The van der Waals surface area contributed by atoms with Crippen molar-refractivity contribution >= 4 is 39.6 Å². The van der Waals surface area contributed by atoms with Gasteiger partial charge in [0.2, 0.25) is 5.91 Å². The summed E-state index contributed by atoms with van der Waals surface area (Å²) in [7, 11) is 1.35. The van der Waals surface area contributed by atoms with E-state index in [1.807, 2.05) is 83.6 Å². The SMILES string of the molecule is COC(=O)c1c(-c2cccs2)csc1NC(=O)C(c1ccccc1)c1ccccc1. The smallest absolute Gasteiger partial charge is 0.341 e. The highest BCUT2D eigenvalue weighted by molar-refractivity contribution is 7.17. The van der Waals surface area contributed by atoms with Gasteiger partial charge in [-0.2, -0.15) is 0 Å². The van der Waals surface area contributed by atoms with Crippen molar-refractivity contribution in [2.75, 3.05) is 12.4 Å². The normalized spacial score (nSPS) is 10.7. The fourth-order valence-electron chi connectivity index (χ4n) is 3.34. The number of hydrogen-bond acceptors (Lipinski definition) is 5. The van der Waals surface area contributed by atoms with E-state index in [0.717, 1.165) is 21.6 Å². The van der Waals surface area contributed by atoms with Gasteiger partial charge in [-0.1, -0.05) is 66.7 Å². The van der Waals surface area contributed by atoms with Gasteiger partial charge in [0.25, 0.3) is 0 Å². The van der Waals surface area contributed by atoms with Crippen LogP contribution in [0.15, 0.2) is 83.6 Å². The Morgan fingerprint density at radius 3 is 2.03 bits per heavy atom. The molecule has 0 bridgehead atoms. The van der Waals surface area contributed by atoms with Crippen molar-refractivity contribution in [1.29, 1.82) is 0 Å². The van der Waals surface area contributed by atoms with Crippen LogP contribution in [0.5, 0.6) is 0 Å². The number of nitrogens with one attached hydrogen (secondary N) is 1. The van der Waals surface area contributed by atoms with Gasteiger partial charge in [0.1, 0.15) is 10.6 Å². The first kappa shape index (κ1) is 20.1. The number of benzene rings is 2. The summed E-state index contributed by atoms with van der Waals surface area (Å²) in [5, 5.41) is 7.32. The lowest BCUT2D eigenvalue weighted by atomic mass is 9.90. The van der Waals surface area contributed by atoms with E-state index in [2.05, 4.69) is 5.32 Å². The molecule has 1 N–H and O–H groups in total. The highest BCUT2D eigenvalue weighted by Gasteiger charge is 2.27. The molecule has 0 aliphatic carbocycles. The van der Waals surface area contributed by atoms with Crippen molar-refractivity contribution in [2.24, 2.45) is 0 Å². The number of esters is 1. The second-order valence-corrected chi connectivity index (χ2v) is 8.39. The Morgan fingerprint density at radius 1 is 0.867 bits per heavy atom. The van der Waals surface area contributed by atoms with E-state index in [0.29, 0.717) is 10.6 Å². The fraction of sp³-hybridized carbons (Fsp3) is 0.0833. The van der Waals surface area contributed by atoms with Crippen LogP contribution < -0.4 is 5.32 Å². The summed E-state index contributed by atoms with van der Waals surface area (Å²) < 4.78 is 5.01. The Labute approximate surface area is 182 Å². The second kappa shape index (κ2) is 9.07. The number of hydrogen-bond donors (Lipinski definition) is 1. The molecule has 4 rings (SSSR count). The molecular formula is C24H19NO3S2. The van der Waals surface area contributed by atoms with Gasteiger partial charge >= 0.3 is 5.97 Å². The number of amides is 1. The molecule has 4 aromatic rings. The molecule has 0 aliphatic rings. The summed E-state index contributed by atoms with van der Waals surface area (Å²) in [5.74, 6) is -1.16. The lowest BCUT2D eigenvalue weighted by Crippen LogP contribution is -2.22. The summed E-state index contributed by atoms with van der Waals surface area (Å²) >= 11 is 2.86. The highest BCUT2D eigenvalue weighted by atomic mass is 32.1. The third-order valence-corrected chi connectivity index (χ3v) is 6.53. The zero-order chi connectivity index (χ0) is 20.9. The summed E-state index contributed by atoms with van der Waals surface area (Å²) in [5.41, 5.74) is 2.93. The van der Waals surface area contributed by atoms with Crippen LogP contribution in [0, 0.1) is 0 Å². The van der Waals surface area contributed by atoms with Crippen molar-refractivity contribution in [1.82, 2.24) is 0 Å². The number of ether oxygens (including phenoxy) is 1. The van der Waals surface area contributed by atoms with Crippen molar-refractivity contribution in [3.63, 3.8) is 0 Å². The second-order valence-electron chi connectivity index (χ2n) is 6.57. The van der Waals surface area contributed by atoms with E-state index < -0.39 is 11.9 Å². The summed E-state index contributed by atoms with van der Waals surface area (Å²) in [4.78, 5) is 26.9. The molecule has 0 atom stereocenters. The molecule has 2 heterocycles. The molecule has 6 heteroatoms. The average molecular weight is 434 g/mol. The first-order chi connectivity index (χ1) is 14.7. The zero-order valence-corrected chi connectivity index (χ0v) is 17.8. The van der Waals surface area contributed by atoms with E-state index in [-0.39, 0.29) is 5.91 Å². The van der Waals surface area contributed by atoms with Crippen LogP contribution in [-0.2, 0) is 9.53 Å². The molecule has 0 unspecified atom stereocenters. The van der Waals surface area contributed by atoms with Gasteiger partial charge in [0.05, 0.1) is 13.0 Å². The first-order valence-corrected chi connectivity index (χ1v) is 11.1. The third-order valence-electron chi connectivity index (χ3n) is 4.73. The number of thiophene rings is 2. The maximum absolute atomic E-state index is 13.4. The average Bonchev–Trinajstić information content (AvgIpc) is 3.45. The molecule has 0 fully saturated rings. The third kappa shape index (κ3) is 4.06. The molecule has 0 spiro atoms. The minimum absolute atomic E-state index is 0.197. The Morgan fingerprint density at radius 2 is 1.50 bits per heavy atom. The quantitative estimate of drug-likeness (QED) is 0.378. The Balaban J connectivity index is 1.72. The number of methoxy groups -OCH3 is 1. The largest absolute Gasteiger partial charge is 0.465 e. The number of carbonyl (C=O) groups excluding carboxylic acids is 2. The van der Waals surface area contributed by atoms with Crippen LogP contribution >= 0.6 is 22.7 Å². The van der Waals surface area contributed by atoms with Crippen LogP contribution in [0.2, 0.25) is 0 Å². The minimum atomic E-state index is -0.495. The van der Waals surface area contributed by atoms with Gasteiger partial charge in [-0.3, -0.25) is 4.79 Å². The van der Waals surface area contributed by atoms with Gasteiger partial charge in [-0.15, -0.1) is 22.7 Å². The van der Waals surface area contributed by atoms with Crippen LogP contribution in [-0.4, -0.2) is 19.0 Å². The van der Waals surface area contributed by atoms with Gasteiger partial charge in [0.15, 0.2) is 0 Å². The molecule has 0 saturated carbocycles. The van der Waals surface area contributed by atoms with Gasteiger partial charge in [0, 0.05) is 15.8 Å². The molecule has 4 nitrogen and oxygen atoms in total. The van der Waals surface area contributed by atoms with E-state index in [9.17, 15) is 9.59 Å². The standard InChI is InChI=1S/C24H19NO3S2/c1-28-24(27)21-18(19-13-8-14-29-19)15-30-23(21)25-22(26)20(16-9-4-2-5-10-16)17-11-6-3-7-12-17/h2-15,20H,1H3,(H,25,26). The molecule has 0 radical (unpaired) electrons. The first-order valence-electron chi connectivity index (χ1n) is 9.33. The summed E-state index contributed by atoms with van der Waals surface area (Å²) in [6.07, 6.45) is 0. The Bertz CT molecular complexity index is 1100. The van der Waals surface area contributed by atoms with Gasteiger partial charge in [-0.05, 0) is 22.6 Å². The van der Waals surface area contributed by atoms with Crippen molar-refractivity contribution in [2.45, 2.75) is 5.92 Å². The summed E-state index contributed by atoms with van der Waals surface area (Å²) in [6.45, 7) is 0.